The largest absolute Gasteiger partial charge is 0.488 e. The molecule has 1 amide bonds. The zero-order chi connectivity index (χ0) is 16.3. The summed E-state index contributed by atoms with van der Waals surface area (Å²) in [6, 6.07) is 5.19. The molecular weight excluding hydrogens is 325 g/mol. The van der Waals surface area contributed by atoms with Crippen LogP contribution in [0, 0.1) is 0 Å². The van der Waals surface area contributed by atoms with Gasteiger partial charge in [-0.05, 0) is 45.7 Å². The predicted octanol–water partition coefficient (Wildman–Crippen LogP) is 4.77. The molecule has 0 bridgehead atoms. The van der Waals surface area contributed by atoms with Crippen LogP contribution in [0.15, 0.2) is 18.2 Å². The normalized spacial score (nSPS) is 18.4. The van der Waals surface area contributed by atoms with Crippen LogP contribution in [0.4, 0.5) is 4.79 Å². The molecule has 0 aromatic heterocycles. The van der Waals surface area contributed by atoms with Crippen molar-refractivity contribution in [1.29, 1.82) is 0 Å². The summed E-state index contributed by atoms with van der Waals surface area (Å²) in [5.41, 5.74) is -0.503. The lowest BCUT2D eigenvalue weighted by Gasteiger charge is -2.28. The van der Waals surface area contributed by atoms with E-state index in [4.69, 9.17) is 32.7 Å². The third-order valence-electron chi connectivity index (χ3n) is 3.34. The molecule has 1 aromatic rings. The summed E-state index contributed by atoms with van der Waals surface area (Å²) >= 11 is 12.2. The van der Waals surface area contributed by atoms with E-state index in [0.29, 0.717) is 28.9 Å². The third-order valence-corrected chi connectivity index (χ3v) is 3.94. The van der Waals surface area contributed by atoms with Crippen molar-refractivity contribution in [2.75, 3.05) is 13.2 Å². The number of hydrogen-bond donors (Lipinski definition) is 0. The van der Waals surface area contributed by atoms with Crippen LogP contribution in [0.5, 0.6) is 5.75 Å². The Morgan fingerprint density at radius 1 is 1.32 bits per heavy atom. The van der Waals surface area contributed by atoms with Gasteiger partial charge in [0.25, 0.3) is 0 Å². The molecule has 1 fully saturated rings. The summed E-state index contributed by atoms with van der Waals surface area (Å²) in [6.07, 6.45) is 1.51. The second kappa shape index (κ2) is 6.97. The minimum atomic E-state index is -0.503. The molecule has 0 aliphatic carbocycles. The first-order valence-electron chi connectivity index (χ1n) is 7.34. The van der Waals surface area contributed by atoms with Gasteiger partial charge in [-0.3, -0.25) is 0 Å². The highest BCUT2D eigenvalue weighted by Crippen LogP contribution is 2.33. The maximum atomic E-state index is 12.2. The number of halogens is 2. The van der Waals surface area contributed by atoms with Gasteiger partial charge in [-0.1, -0.05) is 29.3 Å². The van der Waals surface area contributed by atoms with E-state index in [-0.39, 0.29) is 12.1 Å². The Morgan fingerprint density at radius 3 is 2.55 bits per heavy atom. The summed E-state index contributed by atoms with van der Waals surface area (Å²) in [4.78, 5) is 13.9. The van der Waals surface area contributed by atoms with Gasteiger partial charge >= 0.3 is 6.09 Å². The summed E-state index contributed by atoms with van der Waals surface area (Å²) in [5.74, 6) is 0.460. The summed E-state index contributed by atoms with van der Waals surface area (Å²) in [7, 11) is 0. The zero-order valence-electron chi connectivity index (χ0n) is 13.1. The molecule has 0 N–H and O–H groups in total. The molecule has 1 heterocycles. The number of likely N-dealkylation sites (tertiary alicyclic amines) is 1. The Bertz CT molecular complexity index is 522. The Labute approximate surface area is 141 Å². The monoisotopic (exact) mass is 345 g/mol. The maximum Gasteiger partial charge on any atom is 0.410 e. The summed E-state index contributed by atoms with van der Waals surface area (Å²) in [5, 5.41) is 0.934. The molecule has 4 nitrogen and oxygen atoms in total. The first-order valence-corrected chi connectivity index (χ1v) is 8.10. The number of amides is 1. The molecule has 1 unspecified atom stereocenters. The number of carbonyl (C=O) groups excluding carboxylic acids is 1. The molecule has 1 aliphatic heterocycles. The molecule has 1 aromatic carbocycles. The first-order chi connectivity index (χ1) is 10.3. The van der Waals surface area contributed by atoms with E-state index in [2.05, 4.69) is 0 Å². The quantitative estimate of drug-likeness (QED) is 0.791. The summed E-state index contributed by atoms with van der Waals surface area (Å²) in [6.45, 7) is 6.60. The van der Waals surface area contributed by atoms with Crippen LogP contribution in [-0.4, -0.2) is 35.8 Å². The summed E-state index contributed by atoms with van der Waals surface area (Å²) < 4.78 is 11.2. The fourth-order valence-electron chi connectivity index (χ4n) is 2.37. The van der Waals surface area contributed by atoms with E-state index >= 15 is 0 Å². The number of para-hydroxylation sites is 1. The number of hydrogen-bond acceptors (Lipinski definition) is 3. The van der Waals surface area contributed by atoms with Crippen molar-refractivity contribution in [3.63, 3.8) is 0 Å². The van der Waals surface area contributed by atoms with E-state index in [1.165, 1.54) is 0 Å². The van der Waals surface area contributed by atoms with E-state index in [1.54, 1.807) is 23.1 Å². The number of benzene rings is 1. The molecule has 6 heteroatoms. The molecule has 2 rings (SSSR count). The molecule has 22 heavy (non-hydrogen) atoms. The molecule has 122 valence electrons. The van der Waals surface area contributed by atoms with Crippen molar-refractivity contribution < 1.29 is 14.3 Å². The lowest BCUT2D eigenvalue weighted by molar-refractivity contribution is 0.0187. The van der Waals surface area contributed by atoms with Gasteiger partial charge in [0.15, 0.2) is 5.75 Å². The number of nitrogens with zero attached hydrogens (tertiary/aromatic N) is 1. The smallest absolute Gasteiger partial charge is 0.410 e. The van der Waals surface area contributed by atoms with Crippen LogP contribution < -0.4 is 4.74 Å². The molecule has 0 spiro atoms. The topological polar surface area (TPSA) is 38.8 Å². The van der Waals surface area contributed by atoms with E-state index in [1.807, 2.05) is 20.8 Å². The van der Waals surface area contributed by atoms with Crippen LogP contribution in [0.3, 0.4) is 0 Å². The second-order valence-electron chi connectivity index (χ2n) is 6.33. The van der Waals surface area contributed by atoms with Crippen LogP contribution in [0.2, 0.25) is 10.0 Å². The highest BCUT2D eigenvalue weighted by atomic mass is 35.5. The number of ether oxygens (including phenoxy) is 2. The Balaban J connectivity index is 1.98. The minimum absolute atomic E-state index is 0.0258. The van der Waals surface area contributed by atoms with Crippen LogP contribution >= 0.6 is 23.2 Å². The van der Waals surface area contributed by atoms with Crippen molar-refractivity contribution in [2.24, 2.45) is 0 Å². The highest BCUT2D eigenvalue weighted by Gasteiger charge is 2.32. The van der Waals surface area contributed by atoms with Crippen molar-refractivity contribution in [3.05, 3.63) is 28.2 Å². The molecule has 1 saturated heterocycles. The van der Waals surface area contributed by atoms with Crippen molar-refractivity contribution in [1.82, 2.24) is 4.90 Å². The van der Waals surface area contributed by atoms with E-state index in [0.717, 1.165) is 12.8 Å². The standard InChI is InChI=1S/C16H21Cl2NO3/c1-16(2,3)22-15(20)19-9-5-6-11(19)10-21-14-12(17)7-4-8-13(14)18/h4,7-8,11H,5-6,9-10H2,1-3H3. The van der Waals surface area contributed by atoms with Gasteiger partial charge < -0.3 is 14.4 Å². The highest BCUT2D eigenvalue weighted by molar-refractivity contribution is 6.37. The number of rotatable bonds is 3. The van der Waals surface area contributed by atoms with Crippen LogP contribution in [0.25, 0.3) is 0 Å². The van der Waals surface area contributed by atoms with E-state index in [9.17, 15) is 4.79 Å². The van der Waals surface area contributed by atoms with Gasteiger partial charge in [-0.2, -0.15) is 0 Å². The Morgan fingerprint density at radius 2 is 1.95 bits per heavy atom. The van der Waals surface area contributed by atoms with Gasteiger partial charge in [0.2, 0.25) is 0 Å². The Kier molecular flexibility index (Phi) is 5.45. The van der Waals surface area contributed by atoms with Crippen LogP contribution in [0.1, 0.15) is 33.6 Å². The maximum absolute atomic E-state index is 12.2. The molecule has 0 saturated carbocycles. The van der Waals surface area contributed by atoms with Gasteiger partial charge in [0.1, 0.15) is 12.2 Å². The van der Waals surface area contributed by atoms with Gasteiger partial charge in [0.05, 0.1) is 16.1 Å². The van der Waals surface area contributed by atoms with Crippen molar-refractivity contribution in [3.8, 4) is 5.75 Å². The SMILES string of the molecule is CC(C)(C)OC(=O)N1CCCC1COc1c(Cl)cccc1Cl. The average Bonchev–Trinajstić information content (AvgIpc) is 2.84. The fraction of sp³-hybridized carbons (Fsp3) is 0.562. The second-order valence-corrected chi connectivity index (χ2v) is 7.15. The number of carbonyl (C=O) groups is 1. The van der Waals surface area contributed by atoms with E-state index < -0.39 is 5.60 Å². The molecule has 1 atom stereocenters. The molecule has 0 radical (unpaired) electrons. The predicted molar refractivity (Wildman–Crippen MR) is 87.9 cm³/mol. The lowest BCUT2D eigenvalue weighted by atomic mass is 10.2. The van der Waals surface area contributed by atoms with Crippen molar-refractivity contribution >= 4 is 29.3 Å². The van der Waals surface area contributed by atoms with Gasteiger partial charge in [-0.25, -0.2) is 4.79 Å². The van der Waals surface area contributed by atoms with Crippen molar-refractivity contribution in [2.45, 2.75) is 45.3 Å². The Hall–Kier alpha value is -1.13. The third kappa shape index (κ3) is 4.43. The average molecular weight is 346 g/mol. The van der Waals surface area contributed by atoms with Gasteiger partial charge in [-0.15, -0.1) is 0 Å². The molecule has 1 aliphatic rings. The van der Waals surface area contributed by atoms with Gasteiger partial charge in [0, 0.05) is 6.54 Å². The molecular formula is C16H21Cl2NO3. The fourth-order valence-corrected chi connectivity index (χ4v) is 2.88. The lowest BCUT2D eigenvalue weighted by Crippen LogP contribution is -2.42. The zero-order valence-corrected chi connectivity index (χ0v) is 14.6. The minimum Gasteiger partial charge on any atom is -0.488 e. The first kappa shape index (κ1) is 17.2. The van der Waals surface area contributed by atoms with Crippen LogP contribution in [-0.2, 0) is 4.74 Å².